The number of amides is 1. The number of carbonyl (C=O) groups is 1. The highest BCUT2D eigenvalue weighted by Gasteiger charge is 2.41. The largest absolute Gasteiger partial charge is 0.481 e. The van der Waals surface area contributed by atoms with Crippen molar-refractivity contribution in [3.63, 3.8) is 0 Å². The Morgan fingerprint density at radius 3 is 2.91 bits per heavy atom. The maximum absolute atomic E-state index is 11.9. The maximum Gasteiger partial charge on any atom is 0.222 e. The van der Waals surface area contributed by atoms with Gasteiger partial charge in [0.05, 0.1) is 12.8 Å². The smallest absolute Gasteiger partial charge is 0.222 e. The van der Waals surface area contributed by atoms with Crippen molar-refractivity contribution in [3.8, 4) is 5.88 Å². The van der Waals surface area contributed by atoms with E-state index in [-0.39, 0.29) is 0 Å². The highest BCUT2D eigenvalue weighted by Crippen LogP contribution is 2.40. The van der Waals surface area contributed by atoms with Crippen molar-refractivity contribution in [2.24, 2.45) is 11.8 Å². The zero-order valence-electron chi connectivity index (χ0n) is 13.7. The minimum absolute atomic E-state index is 0.305. The van der Waals surface area contributed by atoms with E-state index in [1.54, 1.807) is 7.11 Å². The van der Waals surface area contributed by atoms with Gasteiger partial charge >= 0.3 is 0 Å². The Hall–Kier alpha value is -1.62. The molecule has 1 aliphatic heterocycles. The van der Waals surface area contributed by atoms with Crippen LogP contribution >= 0.6 is 0 Å². The first-order valence-electron chi connectivity index (χ1n) is 8.01. The number of rotatable bonds is 4. The molecule has 1 aromatic rings. The zero-order chi connectivity index (χ0) is 15.7. The summed E-state index contributed by atoms with van der Waals surface area (Å²) in [6.45, 7) is 1.75. The first-order chi connectivity index (χ1) is 10.6. The number of likely N-dealkylation sites (tertiary alicyclic amines) is 1. The summed E-state index contributed by atoms with van der Waals surface area (Å²) in [6, 6.07) is 6.44. The highest BCUT2D eigenvalue weighted by atomic mass is 16.5. The van der Waals surface area contributed by atoms with E-state index >= 15 is 0 Å². The van der Waals surface area contributed by atoms with Crippen LogP contribution in [0.1, 0.15) is 25.0 Å². The third-order valence-electron chi connectivity index (χ3n) is 5.21. The second-order valence-corrected chi connectivity index (χ2v) is 6.71. The normalized spacial score (nSPS) is 28.1. The Morgan fingerprint density at radius 2 is 2.14 bits per heavy atom. The topological polar surface area (TPSA) is 45.7 Å². The fourth-order valence-electron chi connectivity index (χ4n) is 3.89. The second kappa shape index (κ2) is 6.24. The van der Waals surface area contributed by atoms with Crippen molar-refractivity contribution in [2.75, 3.05) is 27.7 Å². The first kappa shape index (κ1) is 15.3. The molecular formula is C17H25N3O2. The van der Waals surface area contributed by atoms with Crippen molar-refractivity contribution in [2.45, 2.75) is 31.8 Å². The van der Waals surface area contributed by atoms with Gasteiger partial charge in [0, 0.05) is 38.7 Å². The molecule has 0 radical (unpaired) electrons. The van der Waals surface area contributed by atoms with Crippen LogP contribution in [0.25, 0.3) is 0 Å². The predicted molar refractivity (Wildman–Crippen MR) is 84.5 cm³/mol. The number of piperidine rings is 1. The number of carbonyl (C=O) groups excluding carboxylic acids is 1. The summed E-state index contributed by atoms with van der Waals surface area (Å²) in [5.41, 5.74) is 1.03. The van der Waals surface area contributed by atoms with E-state index in [1.165, 1.54) is 6.42 Å². The fraction of sp³-hybridized carbons (Fsp3) is 0.647. The van der Waals surface area contributed by atoms with Crippen molar-refractivity contribution < 1.29 is 9.53 Å². The summed E-state index contributed by atoms with van der Waals surface area (Å²) in [6.07, 6.45) is 3.04. The minimum Gasteiger partial charge on any atom is -0.481 e. The molecule has 1 amide bonds. The van der Waals surface area contributed by atoms with Crippen LogP contribution in [-0.2, 0) is 11.3 Å². The lowest BCUT2D eigenvalue weighted by Gasteiger charge is -2.31. The van der Waals surface area contributed by atoms with E-state index < -0.39 is 0 Å². The summed E-state index contributed by atoms with van der Waals surface area (Å²) in [5.74, 6) is 2.19. The van der Waals surface area contributed by atoms with E-state index in [9.17, 15) is 4.79 Å². The number of fused-ring (bicyclic) bond motifs is 1. The van der Waals surface area contributed by atoms with Gasteiger partial charge in [0.15, 0.2) is 0 Å². The summed E-state index contributed by atoms with van der Waals surface area (Å²) in [7, 11) is 5.73. The molecular weight excluding hydrogens is 278 g/mol. The third kappa shape index (κ3) is 3.09. The third-order valence-corrected chi connectivity index (χ3v) is 5.21. The van der Waals surface area contributed by atoms with Crippen LogP contribution in [0.4, 0.5) is 0 Å². The van der Waals surface area contributed by atoms with Crippen molar-refractivity contribution >= 4 is 5.91 Å². The van der Waals surface area contributed by atoms with Crippen LogP contribution in [0, 0.1) is 11.8 Å². The Kier molecular flexibility index (Phi) is 4.34. The van der Waals surface area contributed by atoms with Crippen molar-refractivity contribution in [1.82, 2.24) is 14.8 Å². The van der Waals surface area contributed by atoms with E-state index in [0.29, 0.717) is 29.7 Å². The monoisotopic (exact) mass is 303 g/mol. The fourth-order valence-corrected chi connectivity index (χ4v) is 3.89. The molecule has 1 saturated carbocycles. The standard InChI is InChI=1S/C17H25N3O2/c1-19(11-14-5-4-6-16(18-14)22-3)15-7-12-9-17(21)20(2)10-13(12)8-15/h4-6,12-13,15H,7-11H2,1-3H3/t12-,13+,15-/m0/s1. The molecule has 1 saturated heterocycles. The van der Waals surface area contributed by atoms with Crippen molar-refractivity contribution in [1.29, 1.82) is 0 Å². The molecule has 0 aromatic carbocycles. The molecule has 0 N–H and O–H groups in total. The number of nitrogens with zero attached hydrogens (tertiary/aromatic N) is 3. The highest BCUT2D eigenvalue weighted by molar-refractivity contribution is 5.77. The van der Waals surface area contributed by atoms with Gasteiger partial charge in [-0.05, 0) is 37.8 Å². The number of aromatic nitrogens is 1. The lowest BCUT2D eigenvalue weighted by atomic mass is 9.88. The van der Waals surface area contributed by atoms with E-state index in [2.05, 4.69) is 16.9 Å². The van der Waals surface area contributed by atoms with Gasteiger partial charge in [-0.1, -0.05) is 6.07 Å². The second-order valence-electron chi connectivity index (χ2n) is 6.71. The molecule has 2 heterocycles. The van der Waals surface area contributed by atoms with Gasteiger partial charge in [0.25, 0.3) is 0 Å². The quantitative estimate of drug-likeness (QED) is 0.850. The van der Waals surface area contributed by atoms with Crippen molar-refractivity contribution in [3.05, 3.63) is 23.9 Å². The first-order valence-corrected chi connectivity index (χ1v) is 8.01. The lowest BCUT2D eigenvalue weighted by molar-refractivity contribution is -0.134. The Bertz CT molecular complexity index is 548. The van der Waals surface area contributed by atoms with Gasteiger partial charge in [-0.2, -0.15) is 0 Å². The van der Waals surface area contributed by atoms with E-state index in [4.69, 9.17) is 4.74 Å². The molecule has 3 rings (SSSR count). The summed E-state index contributed by atoms with van der Waals surface area (Å²) in [5, 5.41) is 0. The van der Waals surface area contributed by atoms with Crippen LogP contribution in [0.15, 0.2) is 18.2 Å². The average molecular weight is 303 g/mol. The lowest BCUT2D eigenvalue weighted by Crippen LogP contribution is -2.39. The molecule has 22 heavy (non-hydrogen) atoms. The average Bonchev–Trinajstić information content (AvgIpc) is 2.91. The van der Waals surface area contributed by atoms with Crippen LogP contribution in [-0.4, -0.2) is 54.5 Å². The van der Waals surface area contributed by atoms with Crippen LogP contribution in [0.3, 0.4) is 0 Å². The van der Waals surface area contributed by atoms with Gasteiger partial charge in [0.1, 0.15) is 0 Å². The summed E-state index contributed by atoms with van der Waals surface area (Å²) < 4.78 is 5.19. The van der Waals surface area contributed by atoms with E-state index in [1.807, 2.05) is 30.1 Å². The molecule has 1 aromatic heterocycles. The molecule has 2 fully saturated rings. The number of hydrogen-bond donors (Lipinski definition) is 0. The minimum atomic E-state index is 0.305. The number of hydrogen-bond acceptors (Lipinski definition) is 4. The predicted octanol–water partition coefficient (Wildman–Crippen LogP) is 1.78. The number of pyridine rings is 1. The molecule has 0 bridgehead atoms. The molecule has 5 heteroatoms. The van der Waals surface area contributed by atoms with Gasteiger partial charge < -0.3 is 9.64 Å². The summed E-state index contributed by atoms with van der Waals surface area (Å²) in [4.78, 5) is 20.6. The van der Waals surface area contributed by atoms with Gasteiger partial charge in [-0.25, -0.2) is 4.98 Å². The van der Waals surface area contributed by atoms with Crippen LogP contribution in [0.2, 0.25) is 0 Å². The SMILES string of the molecule is COc1cccc(CN(C)[C@H]2C[C@H]3CC(=O)N(C)C[C@H]3C2)n1. The zero-order valence-corrected chi connectivity index (χ0v) is 13.7. The molecule has 3 atom stereocenters. The van der Waals surface area contributed by atoms with Gasteiger partial charge in [-0.3, -0.25) is 9.69 Å². The Labute approximate surface area is 132 Å². The number of methoxy groups -OCH3 is 1. The maximum atomic E-state index is 11.9. The molecule has 0 unspecified atom stereocenters. The molecule has 2 aliphatic rings. The van der Waals surface area contributed by atoms with Gasteiger partial charge in [0.2, 0.25) is 11.8 Å². The van der Waals surface area contributed by atoms with Gasteiger partial charge in [-0.15, -0.1) is 0 Å². The Balaban J connectivity index is 1.61. The molecule has 5 nitrogen and oxygen atoms in total. The molecule has 1 aliphatic carbocycles. The summed E-state index contributed by atoms with van der Waals surface area (Å²) >= 11 is 0. The molecule has 120 valence electrons. The number of ether oxygens (including phenoxy) is 1. The van der Waals surface area contributed by atoms with Crippen LogP contribution in [0.5, 0.6) is 5.88 Å². The van der Waals surface area contributed by atoms with Crippen LogP contribution < -0.4 is 4.74 Å². The van der Waals surface area contributed by atoms with E-state index in [0.717, 1.165) is 31.6 Å². The Morgan fingerprint density at radius 1 is 1.36 bits per heavy atom. The molecule has 0 spiro atoms.